The van der Waals surface area contributed by atoms with Crippen LogP contribution in [0.3, 0.4) is 0 Å². The predicted octanol–water partition coefficient (Wildman–Crippen LogP) is 6.97. The van der Waals surface area contributed by atoms with Crippen molar-refractivity contribution in [1.82, 2.24) is 0 Å². The summed E-state index contributed by atoms with van der Waals surface area (Å²) in [4.78, 5) is 0. The van der Waals surface area contributed by atoms with Gasteiger partial charge in [-0.3, -0.25) is 0 Å². The maximum atomic E-state index is 9.80. The Bertz CT molecular complexity index is 974. The van der Waals surface area contributed by atoms with Crippen molar-refractivity contribution in [3.63, 3.8) is 0 Å². The molecule has 0 spiro atoms. The molecule has 0 fully saturated rings. The van der Waals surface area contributed by atoms with Gasteiger partial charge in [-0.25, -0.2) is 0 Å². The van der Waals surface area contributed by atoms with Gasteiger partial charge in [-0.2, -0.15) is 0 Å². The van der Waals surface area contributed by atoms with E-state index in [0.29, 0.717) is 11.7 Å². The molecule has 4 rings (SSSR count). The lowest BCUT2D eigenvalue weighted by Gasteiger charge is -2.35. The van der Waals surface area contributed by atoms with Crippen LogP contribution < -0.4 is 4.74 Å². The number of hydrogen-bond acceptors (Lipinski definition) is 2. The van der Waals surface area contributed by atoms with Crippen LogP contribution in [0.2, 0.25) is 25.7 Å². The Hall–Kier alpha value is -2.52. The molecule has 2 nitrogen and oxygen atoms in total. The highest BCUT2D eigenvalue weighted by Crippen LogP contribution is 2.47. The zero-order valence-corrected chi connectivity index (χ0v) is 19.3. The highest BCUT2D eigenvalue weighted by atomic mass is 28.3. The van der Waals surface area contributed by atoms with Crippen molar-refractivity contribution in [2.24, 2.45) is 0 Å². The van der Waals surface area contributed by atoms with Gasteiger partial charge in [0.15, 0.2) is 0 Å². The second-order valence-corrected chi connectivity index (χ2v) is 15.3. The zero-order chi connectivity index (χ0) is 21.1. The van der Waals surface area contributed by atoms with E-state index >= 15 is 0 Å². The third-order valence-electron chi connectivity index (χ3n) is 6.18. The van der Waals surface area contributed by atoms with Crippen LogP contribution in [0.1, 0.15) is 40.5 Å². The molecule has 0 aliphatic heterocycles. The Morgan fingerprint density at radius 3 is 2.33 bits per heavy atom. The molecule has 1 aliphatic rings. The average molecular weight is 417 g/mol. The van der Waals surface area contributed by atoms with Gasteiger partial charge < -0.3 is 9.84 Å². The Morgan fingerprint density at radius 2 is 1.63 bits per heavy atom. The molecule has 3 aromatic carbocycles. The van der Waals surface area contributed by atoms with Crippen LogP contribution >= 0.6 is 0 Å². The summed E-state index contributed by atoms with van der Waals surface area (Å²) >= 11 is 0. The second-order valence-electron chi connectivity index (χ2n) is 9.64. The third kappa shape index (κ3) is 4.79. The third-order valence-corrected chi connectivity index (χ3v) is 7.88. The fourth-order valence-electron chi connectivity index (χ4n) is 4.51. The molecule has 3 heteroatoms. The van der Waals surface area contributed by atoms with Crippen LogP contribution in [0, 0.1) is 0 Å². The monoisotopic (exact) mass is 416 g/mol. The lowest BCUT2D eigenvalue weighted by molar-refractivity contribution is 0.337. The van der Waals surface area contributed by atoms with Crippen LogP contribution in [-0.2, 0) is 6.42 Å². The first-order chi connectivity index (χ1) is 14.4. The van der Waals surface area contributed by atoms with E-state index in [-0.39, 0.29) is 5.92 Å². The molecule has 1 N–H and O–H groups in total. The molecule has 1 aliphatic carbocycles. The molecule has 2 atom stereocenters. The Labute approximate surface area is 181 Å². The number of phenols is 1. The minimum atomic E-state index is -1.09. The molecular weight excluding hydrogens is 384 g/mol. The van der Waals surface area contributed by atoms with Gasteiger partial charge in [0.05, 0.1) is 6.61 Å². The lowest BCUT2D eigenvalue weighted by Crippen LogP contribution is -2.23. The van der Waals surface area contributed by atoms with Gasteiger partial charge in [0.25, 0.3) is 0 Å². The number of phenolic OH excluding ortho intramolecular Hbond substituents is 1. The summed E-state index contributed by atoms with van der Waals surface area (Å²) in [5, 5.41) is 9.80. The van der Waals surface area contributed by atoms with Gasteiger partial charge in [0, 0.05) is 14.0 Å². The lowest BCUT2D eigenvalue weighted by atomic mass is 9.69. The van der Waals surface area contributed by atoms with Crippen molar-refractivity contribution < 1.29 is 9.84 Å². The molecule has 0 aromatic heterocycles. The number of aromatic hydroxyl groups is 1. The van der Waals surface area contributed by atoms with Crippen molar-refractivity contribution in [2.75, 3.05) is 6.61 Å². The number of ether oxygens (including phenoxy) is 1. The van der Waals surface area contributed by atoms with E-state index < -0.39 is 8.07 Å². The van der Waals surface area contributed by atoms with Crippen LogP contribution in [0.5, 0.6) is 11.5 Å². The van der Waals surface area contributed by atoms with Gasteiger partial charge in [-0.15, -0.1) is 0 Å². The van der Waals surface area contributed by atoms with Crippen LogP contribution in [0.15, 0.2) is 72.8 Å². The van der Waals surface area contributed by atoms with E-state index in [0.717, 1.165) is 25.2 Å². The fourth-order valence-corrected chi connectivity index (χ4v) is 5.23. The fraction of sp³-hybridized carbons (Fsp3) is 0.333. The number of benzene rings is 3. The van der Waals surface area contributed by atoms with Crippen molar-refractivity contribution in [1.29, 1.82) is 0 Å². The first-order valence-corrected chi connectivity index (χ1v) is 14.7. The van der Waals surface area contributed by atoms with Crippen LogP contribution in [0.4, 0.5) is 0 Å². The maximum absolute atomic E-state index is 9.80. The molecule has 3 aromatic rings. The highest BCUT2D eigenvalue weighted by molar-refractivity contribution is 6.76. The molecule has 0 bridgehead atoms. The van der Waals surface area contributed by atoms with Crippen molar-refractivity contribution in [2.45, 2.75) is 50.4 Å². The summed E-state index contributed by atoms with van der Waals surface area (Å²) in [7, 11) is -1.09. The van der Waals surface area contributed by atoms with E-state index in [1.54, 1.807) is 12.1 Å². The molecule has 0 heterocycles. The Balaban J connectivity index is 1.66. The minimum absolute atomic E-state index is 0.285. The van der Waals surface area contributed by atoms with E-state index in [9.17, 15) is 5.11 Å². The van der Waals surface area contributed by atoms with Crippen LogP contribution in [0.25, 0.3) is 0 Å². The first-order valence-electron chi connectivity index (χ1n) is 11.0. The molecule has 0 amide bonds. The molecule has 0 saturated heterocycles. The average Bonchev–Trinajstić information content (AvgIpc) is 2.73. The molecule has 0 saturated carbocycles. The van der Waals surface area contributed by atoms with Gasteiger partial charge in [-0.1, -0.05) is 68.2 Å². The first kappa shape index (κ1) is 20.7. The van der Waals surface area contributed by atoms with Crippen molar-refractivity contribution in [3.8, 4) is 11.5 Å². The minimum Gasteiger partial charge on any atom is -0.508 e. The quantitative estimate of drug-likeness (QED) is 0.440. The summed E-state index contributed by atoms with van der Waals surface area (Å²) in [5.41, 5.74) is 5.43. The maximum Gasteiger partial charge on any atom is 0.119 e. The smallest absolute Gasteiger partial charge is 0.119 e. The largest absolute Gasteiger partial charge is 0.508 e. The normalized spacial score (nSPS) is 18.6. The number of aryl methyl sites for hydroxylation is 1. The summed E-state index contributed by atoms with van der Waals surface area (Å²) in [6, 6.07) is 26.4. The number of rotatable bonds is 6. The highest BCUT2D eigenvalue weighted by Gasteiger charge is 2.32. The van der Waals surface area contributed by atoms with Crippen LogP contribution in [-0.4, -0.2) is 19.8 Å². The summed E-state index contributed by atoms with van der Waals surface area (Å²) in [6.07, 6.45) is 2.18. The summed E-state index contributed by atoms with van der Waals surface area (Å²) in [5.74, 6) is 2.03. The molecule has 156 valence electrons. The van der Waals surface area contributed by atoms with Gasteiger partial charge in [0.1, 0.15) is 11.5 Å². The van der Waals surface area contributed by atoms with E-state index in [1.165, 1.54) is 28.3 Å². The van der Waals surface area contributed by atoms with Gasteiger partial charge in [0.2, 0.25) is 0 Å². The van der Waals surface area contributed by atoms with Gasteiger partial charge >= 0.3 is 0 Å². The molecule has 0 radical (unpaired) electrons. The second kappa shape index (κ2) is 8.69. The van der Waals surface area contributed by atoms with Crippen molar-refractivity contribution >= 4 is 8.07 Å². The van der Waals surface area contributed by atoms with E-state index in [2.05, 4.69) is 80.3 Å². The summed E-state index contributed by atoms with van der Waals surface area (Å²) in [6.45, 7) is 7.96. The Kier molecular flexibility index (Phi) is 6.01. The molecule has 0 unspecified atom stereocenters. The van der Waals surface area contributed by atoms with Crippen molar-refractivity contribution in [3.05, 3.63) is 95.1 Å². The number of fused-ring (bicyclic) bond motifs is 1. The standard InChI is InChI=1S/C27H32O2Si/c1-30(2,3)18-17-29-24-14-16-26-22(19-24)11-15-25(20-7-5-4-6-8-20)27(26)21-9-12-23(28)13-10-21/h4-10,12-14,16,19,25,27-28H,11,15,17-18H2,1-3H3/t25-,27+/m0/s1. The Morgan fingerprint density at radius 1 is 0.900 bits per heavy atom. The van der Waals surface area contributed by atoms with E-state index in [4.69, 9.17) is 4.74 Å². The summed E-state index contributed by atoms with van der Waals surface area (Å²) < 4.78 is 6.12. The van der Waals surface area contributed by atoms with Gasteiger partial charge in [-0.05, 0) is 71.3 Å². The zero-order valence-electron chi connectivity index (χ0n) is 18.3. The molecular formula is C27H32O2Si. The topological polar surface area (TPSA) is 29.5 Å². The SMILES string of the molecule is C[Si](C)(C)CCOc1ccc2c(c1)CC[C@@H](c1ccccc1)[C@H]2c1ccc(O)cc1. The van der Waals surface area contributed by atoms with E-state index in [1.807, 2.05) is 0 Å². The number of hydrogen-bond donors (Lipinski definition) is 1. The predicted molar refractivity (Wildman–Crippen MR) is 128 cm³/mol. The molecule has 30 heavy (non-hydrogen) atoms.